The van der Waals surface area contributed by atoms with E-state index >= 15 is 0 Å². The van der Waals surface area contributed by atoms with Gasteiger partial charge in [0.15, 0.2) is 0 Å². The van der Waals surface area contributed by atoms with E-state index in [9.17, 15) is 28.7 Å². The lowest BCUT2D eigenvalue weighted by Crippen LogP contribution is -2.53. The molecule has 0 spiro atoms. The first-order chi connectivity index (χ1) is 8.68. The highest BCUT2D eigenvalue weighted by Gasteiger charge is 2.58. The minimum Gasteiger partial charge on any atom is -0.328 e. The van der Waals surface area contributed by atoms with Crippen LogP contribution < -0.4 is 5.73 Å². The summed E-state index contributed by atoms with van der Waals surface area (Å²) in [5.41, 5.74) is 5.48. The van der Waals surface area contributed by atoms with Crippen LogP contribution in [0.3, 0.4) is 0 Å². The Labute approximate surface area is 118 Å². The molecule has 1 aliphatic heterocycles. The van der Waals surface area contributed by atoms with Crippen LogP contribution in [0.15, 0.2) is 0 Å². The largest absolute Gasteiger partial charge is 0.357 e. The Kier molecular flexibility index (Phi) is 4.98. The van der Waals surface area contributed by atoms with Gasteiger partial charge in [0.2, 0.25) is 5.02 Å². The van der Waals surface area contributed by atoms with E-state index in [0.717, 1.165) is 6.54 Å². The van der Waals surface area contributed by atoms with E-state index < -0.39 is 20.2 Å². The zero-order chi connectivity index (χ0) is 16.0. The van der Waals surface area contributed by atoms with Gasteiger partial charge in [-0.3, -0.25) is 9.13 Å². The van der Waals surface area contributed by atoms with Crippen molar-refractivity contribution >= 4 is 15.2 Å². The molecule has 2 atom stereocenters. The molecule has 20 heavy (non-hydrogen) atoms. The standard InChI is InChI=1S/C10H24N2O6P2/c1-8-4-9(7-12(2,3)6-8)5-10(11,19(13,14)15)20(16,17)18/h8-9H,4-7,11H2,1-3H3,(H3-,13,14,15,16,17,18)/p+1. The van der Waals surface area contributed by atoms with Crippen molar-refractivity contribution in [1.29, 1.82) is 0 Å². The molecule has 1 aliphatic rings. The van der Waals surface area contributed by atoms with Gasteiger partial charge >= 0.3 is 15.2 Å². The summed E-state index contributed by atoms with van der Waals surface area (Å²) in [5.74, 6) is 0.0699. The molecule has 0 aromatic heterocycles. The average Bonchev–Trinajstić information content (AvgIpc) is 2.09. The van der Waals surface area contributed by atoms with E-state index in [0.29, 0.717) is 23.4 Å². The first-order valence-electron chi connectivity index (χ1n) is 6.40. The maximum absolute atomic E-state index is 11.5. The van der Waals surface area contributed by atoms with Gasteiger partial charge in [-0.15, -0.1) is 0 Å². The van der Waals surface area contributed by atoms with Crippen LogP contribution in [0.4, 0.5) is 0 Å². The van der Waals surface area contributed by atoms with Crippen LogP contribution in [-0.2, 0) is 9.13 Å². The molecule has 0 aliphatic carbocycles. The average molecular weight is 331 g/mol. The Balaban J connectivity index is 3.04. The number of hydrogen-bond donors (Lipinski definition) is 5. The number of hydrogen-bond acceptors (Lipinski definition) is 3. The van der Waals surface area contributed by atoms with Crippen molar-refractivity contribution in [3.63, 3.8) is 0 Å². The third kappa shape index (κ3) is 3.90. The molecule has 1 heterocycles. The Bertz CT molecular complexity index is 435. The molecule has 0 amide bonds. The van der Waals surface area contributed by atoms with E-state index in [2.05, 4.69) is 0 Å². The van der Waals surface area contributed by atoms with E-state index in [4.69, 9.17) is 5.73 Å². The summed E-state index contributed by atoms with van der Waals surface area (Å²) < 4.78 is 23.6. The number of likely N-dealkylation sites (tertiary alicyclic amines) is 1. The lowest BCUT2D eigenvalue weighted by molar-refractivity contribution is -0.902. The monoisotopic (exact) mass is 331 g/mol. The van der Waals surface area contributed by atoms with E-state index in [-0.39, 0.29) is 12.3 Å². The van der Waals surface area contributed by atoms with Crippen molar-refractivity contribution in [2.45, 2.75) is 24.8 Å². The lowest BCUT2D eigenvalue weighted by Gasteiger charge is -2.43. The smallest absolute Gasteiger partial charge is 0.328 e. The van der Waals surface area contributed by atoms with Gasteiger partial charge < -0.3 is 29.8 Å². The number of nitrogens with two attached hydrogens (primary N) is 1. The second-order valence-electron chi connectivity index (χ2n) is 6.68. The number of nitrogens with zero attached hydrogens (tertiary/aromatic N) is 1. The predicted molar refractivity (Wildman–Crippen MR) is 74.7 cm³/mol. The zero-order valence-electron chi connectivity index (χ0n) is 12.0. The fourth-order valence-corrected chi connectivity index (χ4v) is 5.67. The van der Waals surface area contributed by atoms with Crippen molar-refractivity contribution in [2.24, 2.45) is 17.6 Å². The molecule has 1 rings (SSSR count). The SMILES string of the molecule is CC1CC(CC(N)(P(=O)(O)O)P(=O)(O)O)C[N+](C)(C)C1. The van der Waals surface area contributed by atoms with Crippen LogP contribution in [0.25, 0.3) is 0 Å². The van der Waals surface area contributed by atoms with E-state index in [1.807, 2.05) is 21.0 Å². The molecule has 10 heteroatoms. The van der Waals surface area contributed by atoms with E-state index in [1.165, 1.54) is 0 Å². The first-order valence-corrected chi connectivity index (χ1v) is 9.62. The summed E-state index contributed by atoms with van der Waals surface area (Å²) in [7, 11) is -6.30. The number of piperidine rings is 1. The molecule has 0 aromatic rings. The van der Waals surface area contributed by atoms with Crippen molar-refractivity contribution in [2.75, 3.05) is 27.2 Å². The highest BCUT2D eigenvalue weighted by Crippen LogP contribution is 2.68. The van der Waals surface area contributed by atoms with Crippen molar-refractivity contribution in [3.05, 3.63) is 0 Å². The molecule has 0 radical (unpaired) electrons. The minimum atomic E-state index is -5.13. The van der Waals surface area contributed by atoms with Crippen molar-refractivity contribution < 1.29 is 33.2 Å². The van der Waals surface area contributed by atoms with Crippen molar-refractivity contribution in [3.8, 4) is 0 Å². The minimum absolute atomic E-state index is 0.237. The molecule has 0 saturated carbocycles. The molecule has 8 nitrogen and oxygen atoms in total. The number of rotatable bonds is 4. The fraction of sp³-hybridized carbons (Fsp3) is 1.00. The van der Waals surface area contributed by atoms with Crippen LogP contribution in [0.5, 0.6) is 0 Å². The molecule has 0 bridgehead atoms. The van der Waals surface area contributed by atoms with Gasteiger partial charge in [0.05, 0.1) is 27.2 Å². The van der Waals surface area contributed by atoms with Crippen LogP contribution in [0.1, 0.15) is 19.8 Å². The maximum atomic E-state index is 11.5. The van der Waals surface area contributed by atoms with Gasteiger partial charge in [-0.2, -0.15) is 0 Å². The topological polar surface area (TPSA) is 141 Å². The molecule has 1 saturated heterocycles. The normalized spacial score (nSPS) is 28.4. The van der Waals surface area contributed by atoms with Gasteiger partial charge in [0, 0.05) is 11.8 Å². The molecule has 0 aromatic carbocycles. The highest BCUT2D eigenvalue weighted by atomic mass is 31.2. The maximum Gasteiger partial charge on any atom is 0.357 e. The second-order valence-corrected chi connectivity index (χ2v) is 10.8. The van der Waals surface area contributed by atoms with Gasteiger partial charge in [-0.1, -0.05) is 6.92 Å². The second kappa shape index (κ2) is 5.45. The Morgan fingerprint density at radius 2 is 1.60 bits per heavy atom. The molecular formula is C10H25N2O6P2+. The first kappa shape index (κ1) is 18.3. The summed E-state index contributed by atoms with van der Waals surface area (Å²) in [5, 5.41) is -2.79. The third-order valence-corrected chi connectivity index (χ3v) is 7.84. The predicted octanol–water partition coefficient (Wildman–Crippen LogP) is 0.0768. The summed E-state index contributed by atoms with van der Waals surface area (Å²) in [6, 6.07) is 0. The van der Waals surface area contributed by atoms with Crippen LogP contribution in [0.2, 0.25) is 0 Å². The van der Waals surface area contributed by atoms with Crippen LogP contribution in [-0.4, -0.2) is 56.3 Å². The summed E-state index contributed by atoms with van der Waals surface area (Å²) in [6.07, 6.45) is 0.272. The van der Waals surface area contributed by atoms with E-state index in [1.54, 1.807) is 0 Å². The Morgan fingerprint density at radius 1 is 1.15 bits per heavy atom. The molecule has 1 fully saturated rings. The molecule has 2 unspecified atom stereocenters. The van der Waals surface area contributed by atoms with Crippen LogP contribution >= 0.6 is 15.2 Å². The Morgan fingerprint density at radius 3 is 1.95 bits per heavy atom. The van der Waals surface area contributed by atoms with Crippen LogP contribution in [0, 0.1) is 11.8 Å². The number of quaternary nitrogens is 1. The third-order valence-electron chi connectivity index (χ3n) is 3.89. The summed E-state index contributed by atoms with van der Waals surface area (Å²) in [4.78, 5) is 37.2. The van der Waals surface area contributed by atoms with Gasteiger partial charge in [-0.05, 0) is 12.8 Å². The van der Waals surface area contributed by atoms with Gasteiger partial charge in [-0.25, -0.2) is 0 Å². The quantitative estimate of drug-likeness (QED) is 0.363. The summed E-state index contributed by atoms with van der Waals surface area (Å²) in [6.45, 7) is 3.52. The highest BCUT2D eigenvalue weighted by molar-refractivity contribution is 7.72. The van der Waals surface area contributed by atoms with Gasteiger partial charge in [0.25, 0.3) is 0 Å². The Hall–Kier alpha value is 0.220. The molecule has 6 N–H and O–H groups in total. The fourth-order valence-electron chi connectivity index (χ4n) is 3.32. The van der Waals surface area contributed by atoms with Crippen molar-refractivity contribution in [1.82, 2.24) is 0 Å². The summed E-state index contributed by atoms with van der Waals surface area (Å²) >= 11 is 0. The van der Waals surface area contributed by atoms with Gasteiger partial charge in [0.1, 0.15) is 0 Å². The zero-order valence-corrected chi connectivity index (χ0v) is 13.8. The molecular weight excluding hydrogens is 306 g/mol. The lowest BCUT2D eigenvalue weighted by atomic mass is 9.87. The molecule has 120 valence electrons.